The molecule has 0 saturated carbocycles. The van der Waals surface area contributed by atoms with E-state index in [4.69, 9.17) is 32.7 Å². The molecule has 1 N–H and O–H groups in total. The van der Waals surface area contributed by atoms with Gasteiger partial charge in [-0.25, -0.2) is 8.42 Å². The summed E-state index contributed by atoms with van der Waals surface area (Å²) in [6, 6.07) is 17.9. The molecular weight excluding hydrogens is 601 g/mol. The van der Waals surface area contributed by atoms with Crippen LogP contribution in [-0.4, -0.2) is 57.3 Å². The van der Waals surface area contributed by atoms with Crippen molar-refractivity contribution in [2.24, 2.45) is 5.92 Å². The predicted molar refractivity (Wildman–Crippen MR) is 164 cm³/mol. The van der Waals surface area contributed by atoms with Gasteiger partial charge in [-0.3, -0.25) is 13.9 Å². The summed E-state index contributed by atoms with van der Waals surface area (Å²) in [5.74, 6) is 0.00887. The average molecular weight is 635 g/mol. The standard InChI is InChI=1S/C30H33Cl2N3O6S/c1-20(2)16-33-30(37)26(14-21-8-5-4-6-9-21)34(17-23-24(31)10-7-11-25(23)32)29(36)18-35(42(3,38)39)22-12-13-27-28(15-22)41-19-40-27/h4-13,15,20,26H,14,16-19H2,1-3H3,(H,33,37)/t26-/m1/s1. The first-order valence-electron chi connectivity index (χ1n) is 13.4. The zero-order valence-corrected chi connectivity index (χ0v) is 25.9. The highest BCUT2D eigenvalue weighted by atomic mass is 35.5. The van der Waals surface area contributed by atoms with E-state index in [1.54, 1.807) is 24.3 Å². The molecule has 3 aromatic rings. The molecule has 3 aromatic carbocycles. The summed E-state index contributed by atoms with van der Waals surface area (Å²) >= 11 is 13.0. The van der Waals surface area contributed by atoms with Gasteiger partial charge in [0.15, 0.2) is 11.5 Å². The minimum Gasteiger partial charge on any atom is -0.454 e. The van der Waals surface area contributed by atoms with Crippen LogP contribution >= 0.6 is 23.2 Å². The molecule has 9 nitrogen and oxygen atoms in total. The Balaban J connectivity index is 1.76. The third-order valence-corrected chi connectivity index (χ3v) is 8.52. The van der Waals surface area contributed by atoms with Crippen molar-refractivity contribution < 1.29 is 27.5 Å². The van der Waals surface area contributed by atoms with E-state index in [1.807, 2.05) is 44.2 Å². The number of benzene rings is 3. The van der Waals surface area contributed by atoms with Crippen molar-refractivity contribution in [1.29, 1.82) is 0 Å². The van der Waals surface area contributed by atoms with Gasteiger partial charge in [-0.05, 0) is 35.7 Å². The summed E-state index contributed by atoms with van der Waals surface area (Å²) in [5, 5.41) is 3.57. The van der Waals surface area contributed by atoms with Crippen LogP contribution < -0.4 is 19.1 Å². The number of rotatable bonds is 12. The van der Waals surface area contributed by atoms with E-state index in [0.29, 0.717) is 33.7 Å². The predicted octanol–water partition coefficient (Wildman–Crippen LogP) is 4.90. The highest BCUT2D eigenvalue weighted by Crippen LogP contribution is 2.36. The maximum atomic E-state index is 14.2. The molecule has 0 aromatic heterocycles. The van der Waals surface area contributed by atoms with Crippen LogP contribution in [0.5, 0.6) is 11.5 Å². The molecule has 42 heavy (non-hydrogen) atoms. The molecule has 0 fully saturated rings. The second-order valence-electron chi connectivity index (χ2n) is 10.4. The smallest absolute Gasteiger partial charge is 0.244 e. The molecule has 1 atom stereocenters. The number of ether oxygens (including phenoxy) is 2. The lowest BCUT2D eigenvalue weighted by Crippen LogP contribution is -2.53. The zero-order chi connectivity index (χ0) is 30.4. The number of hydrogen-bond acceptors (Lipinski definition) is 6. The van der Waals surface area contributed by atoms with Crippen LogP contribution in [0, 0.1) is 5.92 Å². The lowest BCUT2D eigenvalue weighted by Gasteiger charge is -2.34. The molecule has 1 aliphatic heterocycles. The van der Waals surface area contributed by atoms with Gasteiger partial charge in [0.1, 0.15) is 12.6 Å². The van der Waals surface area contributed by atoms with E-state index < -0.39 is 28.5 Å². The Morgan fingerprint density at radius 1 is 0.952 bits per heavy atom. The lowest BCUT2D eigenvalue weighted by molar-refractivity contribution is -0.140. The Morgan fingerprint density at radius 2 is 1.62 bits per heavy atom. The molecule has 0 aliphatic carbocycles. The van der Waals surface area contributed by atoms with Gasteiger partial charge in [-0.1, -0.05) is 73.4 Å². The topological polar surface area (TPSA) is 105 Å². The molecular formula is C30H33Cl2N3O6S. The Morgan fingerprint density at radius 3 is 2.26 bits per heavy atom. The molecule has 4 rings (SSSR count). The third kappa shape index (κ3) is 7.87. The number of halogens is 2. The first-order valence-corrected chi connectivity index (χ1v) is 16.0. The molecule has 0 spiro atoms. The number of fused-ring (bicyclic) bond motifs is 1. The number of sulfonamides is 1. The average Bonchev–Trinajstić information content (AvgIpc) is 3.41. The molecule has 0 radical (unpaired) electrons. The van der Waals surface area contributed by atoms with Gasteiger partial charge < -0.3 is 19.7 Å². The van der Waals surface area contributed by atoms with Crippen molar-refractivity contribution >= 4 is 50.7 Å². The molecule has 0 unspecified atom stereocenters. The van der Waals surface area contributed by atoms with Crippen LogP contribution in [0.2, 0.25) is 10.0 Å². The Bertz CT molecular complexity index is 1510. The fraction of sp³-hybridized carbons (Fsp3) is 0.333. The number of amides is 2. The first kappa shape index (κ1) is 31.5. The Labute approximate surface area is 256 Å². The van der Waals surface area contributed by atoms with Crippen LogP contribution in [-0.2, 0) is 32.6 Å². The van der Waals surface area contributed by atoms with E-state index in [2.05, 4.69) is 5.32 Å². The van der Waals surface area contributed by atoms with Crippen molar-refractivity contribution in [2.75, 3.05) is 30.4 Å². The summed E-state index contributed by atoms with van der Waals surface area (Å²) in [6.07, 6.45) is 1.19. The van der Waals surface area contributed by atoms with Gasteiger partial charge in [0.05, 0.1) is 11.9 Å². The van der Waals surface area contributed by atoms with Crippen LogP contribution in [0.25, 0.3) is 0 Å². The molecule has 1 heterocycles. The van der Waals surface area contributed by atoms with Crippen molar-refractivity contribution in [2.45, 2.75) is 32.9 Å². The largest absolute Gasteiger partial charge is 0.454 e. The van der Waals surface area contributed by atoms with Crippen molar-refractivity contribution in [1.82, 2.24) is 10.2 Å². The minimum atomic E-state index is -3.94. The fourth-order valence-corrected chi connectivity index (χ4v) is 5.84. The maximum absolute atomic E-state index is 14.2. The summed E-state index contributed by atoms with van der Waals surface area (Å²) < 4.78 is 37.7. The van der Waals surface area contributed by atoms with Crippen molar-refractivity contribution in [3.8, 4) is 11.5 Å². The number of nitrogens with one attached hydrogen (secondary N) is 1. The number of anilines is 1. The normalized spacial score (nSPS) is 13.1. The highest BCUT2D eigenvalue weighted by Gasteiger charge is 2.34. The van der Waals surface area contributed by atoms with E-state index in [1.165, 1.54) is 17.0 Å². The molecule has 2 amide bonds. The Kier molecular flexibility index (Phi) is 10.2. The molecule has 12 heteroatoms. The third-order valence-electron chi connectivity index (χ3n) is 6.67. The van der Waals surface area contributed by atoms with Crippen molar-refractivity contribution in [3.63, 3.8) is 0 Å². The monoisotopic (exact) mass is 633 g/mol. The van der Waals surface area contributed by atoms with E-state index in [9.17, 15) is 18.0 Å². The summed E-state index contributed by atoms with van der Waals surface area (Å²) in [4.78, 5) is 29.3. The SMILES string of the molecule is CC(C)CNC(=O)[C@@H](Cc1ccccc1)N(Cc1c(Cl)cccc1Cl)C(=O)CN(c1ccc2c(c1)OCO2)S(C)(=O)=O. The van der Waals surface area contributed by atoms with Gasteiger partial charge in [0, 0.05) is 41.2 Å². The van der Waals surface area contributed by atoms with Gasteiger partial charge in [0.2, 0.25) is 28.6 Å². The molecule has 224 valence electrons. The summed E-state index contributed by atoms with van der Waals surface area (Å²) in [7, 11) is -3.94. The molecule has 1 aliphatic rings. The van der Waals surface area contributed by atoms with Gasteiger partial charge >= 0.3 is 0 Å². The number of hydrogen-bond donors (Lipinski definition) is 1. The van der Waals surface area contributed by atoms with Gasteiger partial charge in [-0.2, -0.15) is 0 Å². The van der Waals surface area contributed by atoms with Crippen LogP contribution in [0.3, 0.4) is 0 Å². The summed E-state index contributed by atoms with van der Waals surface area (Å²) in [6.45, 7) is 3.63. The second kappa shape index (κ2) is 13.7. The number of carbonyl (C=O) groups excluding carboxylic acids is 2. The van der Waals surface area contributed by atoms with Gasteiger partial charge in [-0.15, -0.1) is 0 Å². The zero-order valence-electron chi connectivity index (χ0n) is 23.5. The fourth-order valence-electron chi connectivity index (χ4n) is 4.48. The van der Waals surface area contributed by atoms with Gasteiger partial charge in [0.25, 0.3) is 0 Å². The van der Waals surface area contributed by atoms with E-state index in [-0.39, 0.29) is 37.3 Å². The quantitative estimate of drug-likeness (QED) is 0.304. The maximum Gasteiger partial charge on any atom is 0.244 e. The molecule has 0 saturated heterocycles. The lowest BCUT2D eigenvalue weighted by atomic mass is 10.0. The van der Waals surface area contributed by atoms with E-state index in [0.717, 1.165) is 16.1 Å². The van der Waals surface area contributed by atoms with Crippen LogP contribution in [0.1, 0.15) is 25.0 Å². The van der Waals surface area contributed by atoms with E-state index >= 15 is 0 Å². The number of nitrogens with zero attached hydrogens (tertiary/aromatic N) is 2. The van der Waals surface area contributed by atoms with Crippen molar-refractivity contribution in [3.05, 3.63) is 87.9 Å². The summed E-state index contributed by atoms with van der Waals surface area (Å²) in [5.41, 5.74) is 1.48. The van der Waals surface area contributed by atoms with Crippen LogP contribution in [0.15, 0.2) is 66.7 Å². The molecule has 0 bridgehead atoms. The first-order chi connectivity index (χ1) is 19.9. The number of carbonyl (C=O) groups is 2. The minimum absolute atomic E-state index is 0.00954. The highest BCUT2D eigenvalue weighted by molar-refractivity contribution is 7.92. The Hall–Kier alpha value is -3.47. The van der Waals surface area contributed by atoms with Crippen LogP contribution in [0.4, 0.5) is 5.69 Å². The second-order valence-corrected chi connectivity index (χ2v) is 13.1.